The number of aryl methyl sites for hydroxylation is 2. The third-order valence-corrected chi connectivity index (χ3v) is 5.65. The number of carbonyl (C=O) groups excluding carboxylic acids is 1. The molecule has 2 aromatic heterocycles. The summed E-state index contributed by atoms with van der Waals surface area (Å²) < 4.78 is 3.34. The van der Waals surface area contributed by atoms with E-state index in [1.807, 2.05) is 24.6 Å². The number of amides is 1. The molecule has 0 unspecified atom stereocenters. The van der Waals surface area contributed by atoms with E-state index in [0.717, 1.165) is 30.3 Å². The summed E-state index contributed by atoms with van der Waals surface area (Å²) in [6.07, 6.45) is 5.79. The molecule has 2 aromatic rings. The van der Waals surface area contributed by atoms with E-state index in [2.05, 4.69) is 15.5 Å². The maximum Gasteiger partial charge on any atom is 0.277 e. The van der Waals surface area contributed by atoms with Crippen molar-refractivity contribution in [1.82, 2.24) is 19.6 Å². The average Bonchev–Trinajstić information content (AvgIpc) is 3.32. The van der Waals surface area contributed by atoms with Crippen molar-refractivity contribution in [2.45, 2.75) is 58.5 Å². The standard InChI is InChI=1S/C19H25N5O2/c1-3-8-23-18(25)7-6-15(22-23)19(26)20-17-9-12(2)21-24(17)16-11-13-4-5-14(16)10-13/h6-7,9,13-14,16H,3-5,8,10-11H2,1-2H3,(H,20,26)/t13-,14-,16+/m0/s1. The van der Waals surface area contributed by atoms with Gasteiger partial charge >= 0.3 is 0 Å². The molecule has 0 spiro atoms. The quantitative estimate of drug-likeness (QED) is 0.894. The first-order valence-corrected chi connectivity index (χ1v) is 9.51. The normalized spacial score (nSPS) is 24.2. The van der Waals surface area contributed by atoms with E-state index in [4.69, 9.17) is 0 Å². The molecular weight excluding hydrogens is 330 g/mol. The van der Waals surface area contributed by atoms with Crippen LogP contribution >= 0.6 is 0 Å². The lowest BCUT2D eigenvalue weighted by atomic mass is 9.95. The Bertz CT molecular complexity index is 884. The fourth-order valence-corrected chi connectivity index (χ4v) is 4.50. The molecule has 2 heterocycles. The van der Waals surface area contributed by atoms with Crippen LogP contribution in [0.4, 0.5) is 5.82 Å². The summed E-state index contributed by atoms with van der Waals surface area (Å²) in [6.45, 7) is 4.42. The second-order valence-electron chi connectivity index (χ2n) is 7.59. The number of carbonyl (C=O) groups is 1. The smallest absolute Gasteiger partial charge is 0.277 e. The minimum Gasteiger partial charge on any atom is -0.305 e. The van der Waals surface area contributed by atoms with Crippen LogP contribution in [0.15, 0.2) is 23.0 Å². The first kappa shape index (κ1) is 17.0. The number of rotatable bonds is 5. The molecule has 7 nitrogen and oxygen atoms in total. The average molecular weight is 355 g/mol. The Balaban J connectivity index is 1.57. The molecule has 2 aliphatic rings. The van der Waals surface area contributed by atoms with Crippen LogP contribution < -0.4 is 10.9 Å². The Kier molecular flexibility index (Phi) is 4.38. The lowest BCUT2D eigenvalue weighted by Gasteiger charge is -2.24. The van der Waals surface area contributed by atoms with Crippen molar-refractivity contribution in [3.05, 3.63) is 39.9 Å². The summed E-state index contributed by atoms with van der Waals surface area (Å²) in [5.41, 5.74) is 0.953. The van der Waals surface area contributed by atoms with Crippen LogP contribution in [0.25, 0.3) is 0 Å². The molecule has 2 saturated carbocycles. The third kappa shape index (κ3) is 3.06. The zero-order chi connectivity index (χ0) is 18.3. The third-order valence-electron chi connectivity index (χ3n) is 5.65. The van der Waals surface area contributed by atoms with E-state index in [0.29, 0.717) is 18.5 Å². The van der Waals surface area contributed by atoms with Crippen molar-refractivity contribution in [3.8, 4) is 0 Å². The molecule has 1 amide bonds. The van der Waals surface area contributed by atoms with Gasteiger partial charge in [-0.25, -0.2) is 9.36 Å². The zero-order valence-electron chi connectivity index (χ0n) is 15.3. The van der Waals surface area contributed by atoms with E-state index in [-0.39, 0.29) is 17.2 Å². The van der Waals surface area contributed by atoms with Crippen LogP contribution in [0.1, 0.15) is 61.3 Å². The largest absolute Gasteiger partial charge is 0.305 e. The maximum atomic E-state index is 12.7. The Hall–Kier alpha value is -2.44. The second kappa shape index (κ2) is 6.70. The number of anilines is 1. The van der Waals surface area contributed by atoms with Gasteiger partial charge in [-0.2, -0.15) is 10.2 Å². The van der Waals surface area contributed by atoms with Crippen LogP contribution in [-0.2, 0) is 6.54 Å². The lowest BCUT2D eigenvalue weighted by molar-refractivity contribution is 0.101. The van der Waals surface area contributed by atoms with Crippen molar-refractivity contribution in [3.63, 3.8) is 0 Å². The zero-order valence-corrected chi connectivity index (χ0v) is 15.3. The van der Waals surface area contributed by atoms with Crippen molar-refractivity contribution in [1.29, 1.82) is 0 Å². The van der Waals surface area contributed by atoms with Gasteiger partial charge in [-0.05, 0) is 50.5 Å². The van der Waals surface area contributed by atoms with Crippen molar-refractivity contribution >= 4 is 11.7 Å². The molecule has 26 heavy (non-hydrogen) atoms. The molecule has 7 heteroatoms. The van der Waals surface area contributed by atoms with Gasteiger partial charge in [0.1, 0.15) is 11.5 Å². The maximum absolute atomic E-state index is 12.7. The van der Waals surface area contributed by atoms with Crippen LogP contribution in [0.3, 0.4) is 0 Å². The van der Waals surface area contributed by atoms with Crippen molar-refractivity contribution in [2.24, 2.45) is 11.8 Å². The summed E-state index contributed by atoms with van der Waals surface area (Å²) in [5, 5.41) is 11.8. The number of aromatic nitrogens is 4. The van der Waals surface area contributed by atoms with Crippen LogP contribution in [0.2, 0.25) is 0 Å². The van der Waals surface area contributed by atoms with E-state index < -0.39 is 0 Å². The highest BCUT2D eigenvalue weighted by Crippen LogP contribution is 2.51. The van der Waals surface area contributed by atoms with Gasteiger partial charge in [0.25, 0.3) is 11.5 Å². The van der Waals surface area contributed by atoms with Gasteiger partial charge in [0.15, 0.2) is 0 Å². The van der Waals surface area contributed by atoms with E-state index in [1.54, 1.807) is 0 Å². The molecule has 2 fully saturated rings. The van der Waals surface area contributed by atoms with Crippen LogP contribution in [0, 0.1) is 18.8 Å². The molecule has 0 aliphatic heterocycles. The Morgan fingerprint density at radius 1 is 1.27 bits per heavy atom. The summed E-state index contributed by atoms with van der Waals surface area (Å²) in [4.78, 5) is 24.5. The first-order valence-electron chi connectivity index (χ1n) is 9.51. The number of hydrogen-bond donors (Lipinski definition) is 1. The monoisotopic (exact) mass is 355 g/mol. The van der Waals surface area contributed by atoms with Crippen molar-refractivity contribution < 1.29 is 4.79 Å². The van der Waals surface area contributed by atoms with Gasteiger partial charge in [0, 0.05) is 18.7 Å². The van der Waals surface area contributed by atoms with Gasteiger partial charge in [-0.15, -0.1) is 0 Å². The summed E-state index contributed by atoms with van der Waals surface area (Å²) >= 11 is 0. The highest BCUT2D eigenvalue weighted by molar-refractivity contribution is 6.02. The Morgan fingerprint density at radius 3 is 2.81 bits per heavy atom. The highest BCUT2D eigenvalue weighted by Gasteiger charge is 2.41. The molecule has 2 bridgehead atoms. The Labute approximate surface area is 152 Å². The van der Waals surface area contributed by atoms with Gasteiger partial charge in [0.2, 0.25) is 0 Å². The molecule has 0 radical (unpaired) electrons. The SMILES string of the molecule is CCCn1nc(C(=O)Nc2cc(C)nn2[C@@H]2C[C@H]3CC[C@H]2C3)ccc1=O. The highest BCUT2D eigenvalue weighted by atomic mass is 16.2. The molecular formula is C19H25N5O2. The lowest BCUT2D eigenvalue weighted by Crippen LogP contribution is -2.27. The minimum atomic E-state index is -0.306. The fourth-order valence-electron chi connectivity index (χ4n) is 4.50. The fraction of sp³-hybridized carbons (Fsp3) is 0.579. The van der Waals surface area contributed by atoms with E-state index in [9.17, 15) is 9.59 Å². The van der Waals surface area contributed by atoms with Gasteiger partial charge in [-0.3, -0.25) is 9.59 Å². The molecule has 1 N–H and O–H groups in total. The van der Waals surface area contributed by atoms with E-state index >= 15 is 0 Å². The Morgan fingerprint density at radius 2 is 2.12 bits per heavy atom. The van der Waals surface area contributed by atoms with E-state index in [1.165, 1.54) is 36.1 Å². The molecule has 4 rings (SSSR count). The number of nitrogens with zero attached hydrogens (tertiary/aromatic N) is 4. The molecule has 0 aromatic carbocycles. The second-order valence-corrected chi connectivity index (χ2v) is 7.59. The van der Waals surface area contributed by atoms with Gasteiger partial charge in [-0.1, -0.05) is 13.3 Å². The summed E-state index contributed by atoms with van der Waals surface area (Å²) in [5.74, 6) is 1.89. The number of hydrogen-bond acceptors (Lipinski definition) is 4. The molecule has 3 atom stereocenters. The molecule has 138 valence electrons. The summed E-state index contributed by atoms with van der Waals surface area (Å²) in [7, 11) is 0. The van der Waals surface area contributed by atoms with Crippen molar-refractivity contribution in [2.75, 3.05) is 5.32 Å². The number of fused-ring (bicyclic) bond motifs is 2. The predicted molar refractivity (Wildman–Crippen MR) is 98.2 cm³/mol. The predicted octanol–water partition coefficient (Wildman–Crippen LogP) is 2.77. The number of nitrogens with one attached hydrogen (secondary N) is 1. The summed E-state index contributed by atoms with van der Waals surface area (Å²) in [6, 6.07) is 5.16. The van der Waals surface area contributed by atoms with Crippen LogP contribution in [-0.4, -0.2) is 25.5 Å². The van der Waals surface area contributed by atoms with Gasteiger partial charge < -0.3 is 5.32 Å². The van der Waals surface area contributed by atoms with Gasteiger partial charge in [0.05, 0.1) is 11.7 Å². The first-order chi connectivity index (χ1) is 12.5. The molecule has 0 saturated heterocycles. The topological polar surface area (TPSA) is 81.8 Å². The molecule has 2 aliphatic carbocycles. The van der Waals surface area contributed by atoms with Crippen LogP contribution in [0.5, 0.6) is 0 Å². The minimum absolute atomic E-state index is 0.189.